The van der Waals surface area contributed by atoms with Crippen LogP contribution in [0.1, 0.15) is 26.3 Å². The van der Waals surface area contributed by atoms with Crippen molar-refractivity contribution in [3.8, 4) is 56.3 Å². The molecule has 0 spiro atoms. The number of hydrogen-bond donors (Lipinski definition) is 0. The monoisotopic (exact) mass is 717 g/mol. The van der Waals surface area contributed by atoms with Crippen LogP contribution < -0.4 is 4.90 Å². The molecule has 0 N–H and O–H groups in total. The van der Waals surface area contributed by atoms with Crippen LogP contribution in [-0.2, 0) is 0 Å². The summed E-state index contributed by atoms with van der Waals surface area (Å²) in [7, 11) is 0. The number of imide groups is 1. The van der Waals surface area contributed by atoms with E-state index in [0.29, 0.717) is 28.1 Å². The van der Waals surface area contributed by atoms with Gasteiger partial charge >= 0.3 is 0 Å². The lowest BCUT2D eigenvalue weighted by atomic mass is 9.90. The van der Waals surface area contributed by atoms with Gasteiger partial charge in [-0.05, 0) is 81.9 Å². The molecule has 1 aliphatic rings. The topological polar surface area (TPSA) is 66.1 Å². The lowest BCUT2D eigenvalue weighted by Gasteiger charge is -2.24. The first-order valence-electron chi connectivity index (χ1n) is 18.5. The normalized spacial score (nSPS) is 12.3. The molecule has 0 radical (unpaired) electrons. The number of benzene rings is 8. The van der Waals surface area contributed by atoms with Crippen molar-refractivity contribution in [2.24, 2.45) is 0 Å². The number of carbonyl (C=O) groups excluding carboxylic acids is 2. The van der Waals surface area contributed by atoms with Gasteiger partial charge in [0.05, 0.1) is 45.2 Å². The molecule has 0 aliphatic carbocycles. The minimum absolute atomic E-state index is 0.349. The van der Waals surface area contributed by atoms with Crippen molar-refractivity contribution in [1.82, 2.24) is 4.57 Å². The molecule has 0 unspecified atom stereocenters. The third-order valence-corrected chi connectivity index (χ3v) is 10.7. The zero-order chi connectivity index (χ0) is 37.8. The van der Waals surface area contributed by atoms with Crippen molar-refractivity contribution in [2.45, 2.75) is 0 Å². The molecular weight excluding hydrogens is 687 g/mol. The van der Waals surface area contributed by atoms with E-state index in [0.717, 1.165) is 66.3 Å². The Morgan fingerprint density at radius 3 is 1.66 bits per heavy atom. The molecule has 1 aliphatic heterocycles. The van der Waals surface area contributed by atoms with Gasteiger partial charge in [0.1, 0.15) is 0 Å². The summed E-state index contributed by atoms with van der Waals surface area (Å²) in [5.41, 5.74) is 11.5. The van der Waals surface area contributed by atoms with Crippen LogP contribution in [0.25, 0.3) is 72.0 Å². The number of amides is 2. The maximum atomic E-state index is 15.3. The number of carbonyl (C=O) groups is 2. The van der Waals surface area contributed by atoms with E-state index >= 15 is 4.79 Å². The van der Waals surface area contributed by atoms with Crippen molar-refractivity contribution >= 4 is 39.3 Å². The van der Waals surface area contributed by atoms with Gasteiger partial charge in [-0.1, -0.05) is 140 Å². The van der Waals surface area contributed by atoms with Gasteiger partial charge in [0.15, 0.2) is 0 Å². The minimum Gasteiger partial charge on any atom is -0.308 e. The Balaban J connectivity index is 1.22. The molecule has 262 valence electrons. The van der Waals surface area contributed by atoms with Crippen LogP contribution in [0.5, 0.6) is 0 Å². The van der Waals surface area contributed by atoms with Gasteiger partial charge in [-0.3, -0.25) is 9.59 Å². The van der Waals surface area contributed by atoms with Crippen molar-refractivity contribution in [3.05, 3.63) is 205 Å². The second-order valence-electron chi connectivity index (χ2n) is 13.9. The Labute approximate surface area is 323 Å². The average Bonchev–Trinajstić information content (AvgIpc) is 3.73. The van der Waals surface area contributed by atoms with Crippen LogP contribution in [0.15, 0.2) is 188 Å². The SMILES string of the molecule is N#Cc1cccc(-c2ccc3c4ccccc4n(-c4cccc5c4C(=O)N(c4c(-c6ccccc6)cc(-c6ccccc6)cc4-c4ccccc4)C5=O)c3c2)c1. The van der Waals surface area contributed by atoms with Crippen molar-refractivity contribution < 1.29 is 9.59 Å². The standard InChI is InChI=1S/C51H31N3O2/c52-32-33-14-12-21-37(28-33)38-26-27-41-40-22-10-11-24-45(40)53(47(41)31-38)46-25-13-23-42-48(46)51(56)54(50(42)55)49-43(35-17-6-2-7-18-35)29-39(34-15-4-1-5-16-34)30-44(49)36-19-8-3-9-20-36/h1-31H. The average molecular weight is 718 g/mol. The zero-order valence-corrected chi connectivity index (χ0v) is 30.1. The van der Waals surface area contributed by atoms with Crippen LogP contribution in [0, 0.1) is 11.3 Å². The Hall–Kier alpha value is -7.81. The first kappa shape index (κ1) is 32.8. The van der Waals surface area contributed by atoms with Crippen molar-refractivity contribution in [1.29, 1.82) is 5.26 Å². The first-order valence-corrected chi connectivity index (χ1v) is 18.5. The number of nitriles is 1. The molecule has 8 aromatic carbocycles. The number of anilines is 1. The summed E-state index contributed by atoms with van der Waals surface area (Å²) in [6.07, 6.45) is 0. The third kappa shape index (κ3) is 5.24. The molecular formula is C51H31N3O2. The summed E-state index contributed by atoms with van der Waals surface area (Å²) in [4.78, 5) is 31.7. The fourth-order valence-corrected chi connectivity index (χ4v) is 8.18. The summed E-state index contributed by atoms with van der Waals surface area (Å²) in [5.74, 6) is -0.755. The largest absolute Gasteiger partial charge is 0.308 e. The highest BCUT2D eigenvalue weighted by Crippen LogP contribution is 2.47. The molecule has 2 heterocycles. The van der Waals surface area contributed by atoms with Gasteiger partial charge in [-0.25, -0.2) is 4.90 Å². The molecule has 2 amide bonds. The molecule has 56 heavy (non-hydrogen) atoms. The quantitative estimate of drug-likeness (QED) is 0.161. The summed E-state index contributed by atoms with van der Waals surface area (Å²) >= 11 is 0. The molecule has 5 nitrogen and oxygen atoms in total. The maximum absolute atomic E-state index is 15.3. The molecule has 0 fully saturated rings. The molecule has 0 saturated carbocycles. The molecule has 0 atom stereocenters. The van der Waals surface area contributed by atoms with Crippen molar-refractivity contribution in [3.63, 3.8) is 0 Å². The van der Waals surface area contributed by atoms with Crippen LogP contribution in [0.3, 0.4) is 0 Å². The van der Waals surface area contributed by atoms with Crippen LogP contribution >= 0.6 is 0 Å². The number of hydrogen-bond acceptors (Lipinski definition) is 3. The Bertz CT molecular complexity index is 3010. The number of aromatic nitrogens is 1. The van der Waals surface area contributed by atoms with Crippen molar-refractivity contribution in [2.75, 3.05) is 4.90 Å². The van der Waals surface area contributed by atoms with E-state index in [1.165, 1.54) is 4.90 Å². The zero-order valence-electron chi connectivity index (χ0n) is 30.1. The maximum Gasteiger partial charge on any atom is 0.268 e. The molecule has 1 aromatic heterocycles. The van der Waals surface area contributed by atoms with E-state index in [1.54, 1.807) is 12.1 Å². The minimum atomic E-state index is -0.383. The molecule has 9 aromatic rings. The van der Waals surface area contributed by atoms with Gasteiger partial charge in [0.2, 0.25) is 0 Å². The van der Waals surface area contributed by atoms with Crippen LogP contribution in [0.2, 0.25) is 0 Å². The van der Waals surface area contributed by atoms with Gasteiger partial charge in [0, 0.05) is 21.9 Å². The van der Waals surface area contributed by atoms with E-state index in [2.05, 4.69) is 59.2 Å². The van der Waals surface area contributed by atoms with Crippen LogP contribution in [0.4, 0.5) is 5.69 Å². The number of para-hydroxylation sites is 1. The smallest absolute Gasteiger partial charge is 0.268 e. The van der Waals surface area contributed by atoms with Gasteiger partial charge < -0.3 is 4.57 Å². The van der Waals surface area contributed by atoms with Gasteiger partial charge in [-0.2, -0.15) is 5.26 Å². The second-order valence-corrected chi connectivity index (χ2v) is 13.9. The fraction of sp³-hybridized carbons (Fsp3) is 0. The lowest BCUT2D eigenvalue weighted by Crippen LogP contribution is -2.30. The predicted molar refractivity (Wildman–Crippen MR) is 225 cm³/mol. The highest BCUT2D eigenvalue weighted by atomic mass is 16.2. The Morgan fingerprint density at radius 1 is 0.411 bits per heavy atom. The lowest BCUT2D eigenvalue weighted by molar-refractivity contribution is 0.0926. The molecule has 0 saturated heterocycles. The molecule has 0 bridgehead atoms. The highest BCUT2D eigenvalue weighted by Gasteiger charge is 2.41. The van der Waals surface area contributed by atoms with E-state index < -0.39 is 0 Å². The van der Waals surface area contributed by atoms with E-state index in [9.17, 15) is 10.1 Å². The van der Waals surface area contributed by atoms with Gasteiger partial charge in [-0.15, -0.1) is 0 Å². The van der Waals surface area contributed by atoms with Crippen LogP contribution in [-0.4, -0.2) is 16.4 Å². The molecule has 10 rings (SSSR count). The summed E-state index contributed by atoms with van der Waals surface area (Å²) in [6, 6.07) is 64.0. The fourth-order valence-electron chi connectivity index (χ4n) is 8.18. The van der Waals surface area contributed by atoms with Gasteiger partial charge in [0.25, 0.3) is 11.8 Å². The van der Waals surface area contributed by atoms with E-state index in [1.807, 2.05) is 127 Å². The summed E-state index contributed by atoms with van der Waals surface area (Å²) in [6.45, 7) is 0. The second kappa shape index (κ2) is 13.2. The third-order valence-electron chi connectivity index (χ3n) is 10.7. The van der Waals surface area contributed by atoms with E-state index in [-0.39, 0.29) is 11.8 Å². The Morgan fingerprint density at radius 2 is 0.982 bits per heavy atom. The number of nitrogens with zero attached hydrogens (tertiary/aromatic N) is 3. The number of rotatable bonds is 6. The first-order chi connectivity index (χ1) is 27.6. The Kier molecular flexibility index (Phi) is 7.76. The summed E-state index contributed by atoms with van der Waals surface area (Å²) < 4.78 is 2.10. The highest BCUT2D eigenvalue weighted by molar-refractivity contribution is 6.37. The molecule has 5 heteroatoms. The van der Waals surface area contributed by atoms with E-state index in [4.69, 9.17) is 0 Å². The number of fused-ring (bicyclic) bond motifs is 4. The summed E-state index contributed by atoms with van der Waals surface area (Å²) in [5, 5.41) is 11.7. The predicted octanol–water partition coefficient (Wildman–Crippen LogP) is 12.1.